The predicted octanol–water partition coefficient (Wildman–Crippen LogP) is 2.56. The van der Waals surface area contributed by atoms with Gasteiger partial charge in [-0.25, -0.2) is 0 Å². The monoisotopic (exact) mass is 390 g/mol. The summed E-state index contributed by atoms with van der Waals surface area (Å²) in [7, 11) is 0. The molecule has 0 aromatic heterocycles. The van der Waals surface area contributed by atoms with Gasteiger partial charge in [0.25, 0.3) is 0 Å². The van der Waals surface area contributed by atoms with Gasteiger partial charge in [-0.05, 0) is 50.3 Å². The van der Waals surface area contributed by atoms with Gasteiger partial charge in [-0.1, -0.05) is 0 Å². The number of piperidine rings is 1. The Balaban J connectivity index is 1.57. The third-order valence-corrected chi connectivity index (χ3v) is 6.03. The van der Waals surface area contributed by atoms with Crippen LogP contribution in [-0.2, 0) is 19.1 Å². The van der Waals surface area contributed by atoms with Crippen LogP contribution in [0.25, 0.3) is 0 Å². The fourth-order valence-corrected chi connectivity index (χ4v) is 4.15. The summed E-state index contributed by atoms with van der Waals surface area (Å²) in [4.78, 5) is 41.8. The Labute approximate surface area is 164 Å². The minimum Gasteiger partial charge on any atom is -0.466 e. The van der Waals surface area contributed by atoms with Crippen LogP contribution in [0, 0.1) is 11.8 Å². The van der Waals surface area contributed by atoms with Gasteiger partial charge in [-0.15, -0.1) is 11.8 Å². The third-order valence-electron chi connectivity index (χ3n) is 5.28. The minimum atomic E-state index is -0.308. The molecule has 0 aliphatic carbocycles. The molecule has 0 radical (unpaired) electrons. The molecule has 1 aromatic rings. The lowest BCUT2D eigenvalue weighted by atomic mass is 9.95. The van der Waals surface area contributed by atoms with Gasteiger partial charge in [0.2, 0.25) is 11.8 Å². The fraction of sp³-hybridized carbons (Fsp3) is 0.550. The van der Waals surface area contributed by atoms with Crippen LogP contribution in [0.5, 0.6) is 0 Å². The van der Waals surface area contributed by atoms with Gasteiger partial charge in [0, 0.05) is 36.6 Å². The van der Waals surface area contributed by atoms with E-state index >= 15 is 0 Å². The number of anilines is 1. The van der Waals surface area contributed by atoms with Gasteiger partial charge in [0.1, 0.15) is 0 Å². The van der Waals surface area contributed by atoms with E-state index in [4.69, 9.17) is 4.74 Å². The minimum absolute atomic E-state index is 0.00772. The van der Waals surface area contributed by atoms with Crippen molar-refractivity contribution in [1.82, 2.24) is 4.90 Å². The van der Waals surface area contributed by atoms with Crippen LogP contribution in [-0.4, -0.2) is 55.2 Å². The first-order chi connectivity index (χ1) is 13.0. The van der Waals surface area contributed by atoms with Crippen molar-refractivity contribution in [2.45, 2.75) is 31.1 Å². The Morgan fingerprint density at radius 3 is 2.41 bits per heavy atom. The van der Waals surface area contributed by atoms with E-state index in [0.29, 0.717) is 39.1 Å². The van der Waals surface area contributed by atoms with Crippen molar-refractivity contribution in [2.24, 2.45) is 11.8 Å². The zero-order valence-corrected chi connectivity index (χ0v) is 16.7. The van der Waals surface area contributed by atoms with Crippen molar-refractivity contribution in [3.63, 3.8) is 0 Å². The summed E-state index contributed by atoms with van der Waals surface area (Å²) in [6, 6.07) is 7.84. The van der Waals surface area contributed by atoms with Crippen molar-refractivity contribution < 1.29 is 19.1 Å². The number of hydrogen-bond donors (Lipinski definition) is 0. The zero-order valence-electron chi connectivity index (χ0n) is 15.8. The van der Waals surface area contributed by atoms with Gasteiger partial charge >= 0.3 is 5.97 Å². The second-order valence-corrected chi connectivity index (χ2v) is 7.83. The highest BCUT2D eigenvalue weighted by atomic mass is 32.2. The van der Waals surface area contributed by atoms with Crippen LogP contribution in [0.15, 0.2) is 29.2 Å². The summed E-state index contributed by atoms with van der Waals surface area (Å²) in [6.45, 7) is 3.71. The lowest BCUT2D eigenvalue weighted by Gasteiger charge is -2.32. The predicted molar refractivity (Wildman–Crippen MR) is 105 cm³/mol. The number of amides is 2. The molecule has 27 heavy (non-hydrogen) atoms. The molecule has 2 fully saturated rings. The second-order valence-electron chi connectivity index (χ2n) is 6.96. The van der Waals surface area contributed by atoms with Crippen molar-refractivity contribution in [3.05, 3.63) is 24.3 Å². The molecular formula is C20H26N2O4S. The molecule has 0 bridgehead atoms. The molecule has 3 rings (SSSR count). The highest BCUT2D eigenvalue weighted by Gasteiger charge is 2.38. The van der Waals surface area contributed by atoms with Crippen molar-refractivity contribution in [2.75, 3.05) is 37.4 Å². The molecule has 1 unspecified atom stereocenters. The number of likely N-dealkylation sites (tertiary alicyclic amines) is 1. The molecule has 2 amide bonds. The summed E-state index contributed by atoms with van der Waals surface area (Å²) < 4.78 is 5.08. The first kappa shape index (κ1) is 19.7. The van der Waals surface area contributed by atoms with E-state index in [2.05, 4.69) is 0 Å². The van der Waals surface area contributed by atoms with Crippen LogP contribution < -0.4 is 4.90 Å². The highest BCUT2D eigenvalue weighted by Crippen LogP contribution is 2.29. The smallest absolute Gasteiger partial charge is 0.309 e. The maximum Gasteiger partial charge on any atom is 0.309 e. The van der Waals surface area contributed by atoms with Gasteiger partial charge in [-0.2, -0.15) is 0 Å². The number of hydrogen-bond acceptors (Lipinski definition) is 5. The van der Waals surface area contributed by atoms with E-state index < -0.39 is 0 Å². The Kier molecular flexibility index (Phi) is 6.42. The Bertz CT molecular complexity index is 698. The SMILES string of the molecule is CCOC(=O)C1CCN(C(=O)C2CC(=O)N(c3ccc(SC)cc3)C2)CC1. The number of benzene rings is 1. The first-order valence-electron chi connectivity index (χ1n) is 9.43. The molecule has 7 heteroatoms. The highest BCUT2D eigenvalue weighted by molar-refractivity contribution is 7.98. The molecule has 2 heterocycles. The van der Waals surface area contributed by atoms with Gasteiger partial charge < -0.3 is 14.5 Å². The lowest BCUT2D eigenvalue weighted by Crippen LogP contribution is -2.44. The van der Waals surface area contributed by atoms with Crippen LogP contribution in [0.2, 0.25) is 0 Å². The number of rotatable bonds is 5. The number of carbonyl (C=O) groups is 3. The number of carbonyl (C=O) groups excluding carboxylic acids is 3. The average Bonchev–Trinajstić information content (AvgIpc) is 3.09. The van der Waals surface area contributed by atoms with Crippen molar-refractivity contribution in [1.29, 1.82) is 0 Å². The molecule has 1 aromatic carbocycles. The van der Waals surface area contributed by atoms with E-state index in [9.17, 15) is 14.4 Å². The van der Waals surface area contributed by atoms with Gasteiger partial charge in [0.15, 0.2) is 0 Å². The van der Waals surface area contributed by atoms with Crippen LogP contribution >= 0.6 is 11.8 Å². The molecule has 6 nitrogen and oxygen atoms in total. The molecule has 2 aliphatic rings. The van der Waals surface area contributed by atoms with E-state index in [1.54, 1.807) is 28.5 Å². The largest absolute Gasteiger partial charge is 0.466 e. The maximum atomic E-state index is 12.9. The number of ether oxygens (including phenoxy) is 1. The molecule has 1 atom stereocenters. The summed E-state index contributed by atoms with van der Waals surface area (Å²) in [5.41, 5.74) is 0.842. The Morgan fingerprint density at radius 1 is 1.15 bits per heavy atom. The average molecular weight is 391 g/mol. The molecule has 2 saturated heterocycles. The zero-order chi connectivity index (χ0) is 19.4. The summed E-state index contributed by atoms with van der Waals surface area (Å²) in [5, 5.41) is 0. The third kappa shape index (κ3) is 4.46. The standard InChI is InChI=1S/C20H26N2O4S/c1-3-26-20(25)14-8-10-21(11-9-14)19(24)15-12-18(23)22(13-15)16-4-6-17(27-2)7-5-16/h4-7,14-15H,3,8-13H2,1-2H3. The number of nitrogens with zero attached hydrogens (tertiary/aromatic N) is 2. The van der Waals surface area contributed by atoms with Crippen LogP contribution in [0.4, 0.5) is 5.69 Å². The first-order valence-corrected chi connectivity index (χ1v) is 10.7. The van der Waals surface area contributed by atoms with Gasteiger partial charge in [0.05, 0.1) is 18.4 Å². The molecule has 146 valence electrons. The van der Waals surface area contributed by atoms with Gasteiger partial charge in [-0.3, -0.25) is 14.4 Å². The normalized spacial score (nSPS) is 20.8. The lowest BCUT2D eigenvalue weighted by molar-refractivity contribution is -0.151. The van der Waals surface area contributed by atoms with Crippen LogP contribution in [0.3, 0.4) is 0 Å². The summed E-state index contributed by atoms with van der Waals surface area (Å²) >= 11 is 1.65. The molecule has 0 saturated carbocycles. The van der Waals surface area contributed by atoms with Crippen molar-refractivity contribution >= 4 is 35.2 Å². The summed E-state index contributed by atoms with van der Waals surface area (Å²) in [6.07, 6.45) is 3.52. The second kappa shape index (κ2) is 8.78. The number of thioether (sulfide) groups is 1. The van der Waals surface area contributed by atoms with E-state index in [1.165, 1.54) is 0 Å². The molecule has 0 spiro atoms. The van der Waals surface area contributed by atoms with Crippen molar-refractivity contribution in [3.8, 4) is 0 Å². The van der Waals surface area contributed by atoms with E-state index in [-0.39, 0.29) is 36.0 Å². The molecule has 0 N–H and O–H groups in total. The number of esters is 1. The van der Waals surface area contributed by atoms with Crippen LogP contribution in [0.1, 0.15) is 26.2 Å². The molecule has 2 aliphatic heterocycles. The summed E-state index contributed by atoms with van der Waals surface area (Å²) in [5.74, 6) is -0.580. The fourth-order valence-electron chi connectivity index (χ4n) is 3.74. The Morgan fingerprint density at radius 2 is 1.81 bits per heavy atom. The molecular weight excluding hydrogens is 364 g/mol. The van der Waals surface area contributed by atoms with E-state index in [1.807, 2.05) is 30.5 Å². The van der Waals surface area contributed by atoms with E-state index in [0.717, 1.165) is 10.6 Å². The maximum absolute atomic E-state index is 12.9. The topological polar surface area (TPSA) is 66.9 Å². The quantitative estimate of drug-likeness (QED) is 0.571. The Hall–Kier alpha value is -2.02.